The van der Waals surface area contributed by atoms with Crippen LogP contribution in [0.1, 0.15) is 25.7 Å². The van der Waals surface area contributed by atoms with Crippen molar-refractivity contribution in [1.82, 2.24) is 20.9 Å². The molecule has 0 spiro atoms. The highest BCUT2D eigenvalue weighted by Crippen LogP contribution is 2.34. The van der Waals surface area contributed by atoms with Crippen LogP contribution in [0.4, 0.5) is 21.9 Å². The molecule has 3 amide bonds. The van der Waals surface area contributed by atoms with Crippen LogP contribution in [0.5, 0.6) is 0 Å². The SMILES string of the molecule is Nc1ccc2c(NCCNC(=O)CCCC[C@@H]3SC[C@@H]4NC(=O)N[C@H]43)c3ccc(N)cc3nc2c1. The van der Waals surface area contributed by atoms with Gasteiger partial charge in [0.2, 0.25) is 5.91 Å². The monoisotopic (exact) mass is 493 g/mol. The Morgan fingerprint density at radius 1 is 1.03 bits per heavy atom. The maximum atomic E-state index is 12.3. The Morgan fingerprint density at radius 3 is 2.46 bits per heavy atom. The third-order valence-corrected chi connectivity index (χ3v) is 8.16. The predicted molar refractivity (Wildman–Crippen MR) is 144 cm³/mol. The Balaban J connectivity index is 1.10. The molecule has 0 saturated carbocycles. The van der Waals surface area contributed by atoms with Crippen LogP contribution in [0.25, 0.3) is 21.8 Å². The van der Waals surface area contributed by atoms with E-state index < -0.39 is 0 Å². The number of carbonyl (C=O) groups excluding carboxylic acids is 2. The molecule has 1 aromatic heterocycles. The van der Waals surface area contributed by atoms with Gasteiger partial charge in [-0.1, -0.05) is 6.42 Å². The lowest BCUT2D eigenvalue weighted by Gasteiger charge is -2.16. The van der Waals surface area contributed by atoms with Crippen molar-refractivity contribution in [3.63, 3.8) is 0 Å². The minimum absolute atomic E-state index is 0.0562. The second kappa shape index (κ2) is 10.1. The normalized spacial score (nSPS) is 21.0. The molecule has 2 fully saturated rings. The van der Waals surface area contributed by atoms with Gasteiger partial charge in [0.25, 0.3) is 0 Å². The van der Waals surface area contributed by atoms with E-state index in [0.29, 0.717) is 36.1 Å². The standard InChI is InChI=1S/C25H31N7O2S/c26-14-5-7-16-18(11-14)30-19-12-15(27)6-8-17(19)23(16)29-10-9-28-22(33)4-2-1-3-21-24-20(13-35-21)31-25(34)32-24/h5-8,11-12,20-21,24H,1-4,9-10,13,26-27H2,(H,28,33)(H,29,30)(H2,31,32,34)/t20-,21-,24+/m0/s1. The summed E-state index contributed by atoms with van der Waals surface area (Å²) < 4.78 is 0. The molecule has 3 aromatic rings. The molecule has 9 nitrogen and oxygen atoms in total. The van der Waals surface area contributed by atoms with Crippen molar-refractivity contribution in [1.29, 1.82) is 0 Å². The quantitative estimate of drug-likeness (QED) is 0.116. The molecule has 0 bridgehead atoms. The van der Waals surface area contributed by atoms with Gasteiger partial charge in [0.1, 0.15) is 0 Å². The van der Waals surface area contributed by atoms with E-state index in [4.69, 9.17) is 16.5 Å². The van der Waals surface area contributed by atoms with E-state index in [1.54, 1.807) is 0 Å². The van der Waals surface area contributed by atoms with Gasteiger partial charge in [-0.15, -0.1) is 0 Å². The van der Waals surface area contributed by atoms with E-state index in [1.807, 2.05) is 48.2 Å². The van der Waals surface area contributed by atoms with Gasteiger partial charge in [0, 0.05) is 52.7 Å². The molecule has 2 aromatic carbocycles. The summed E-state index contributed by atoms with van der Waals surface area (Å²) in [5.41, 5.74) is 15.8. The second-order valence-corrected chi connectivity index (χ2v) is 10.5. The number of pyridine rings is 1. The topological polar surface area (TPSA) is 147 Å². The second-order valence-electron chi connectivity index (χ2n) is 9.18. The zero-order valence-electron chi connectivity index (χ0n) is 19.5. The number of aromatic nitrogens is 1. The fourth-order valence-corrected chi connectivity index (χ4v) is 6.47. The molecule has 3 atom stereocenters. The average Bonchev–Trinajstić information content (AvgIpc) is 3.37. The van der Waals surface area contributed by atoms with Gasteiger partial charge in [-0.05, 0) is 49.2 Å². The molecule has 3 heterocycles. The van der Waals surface area contributed by atoms with Gasteiger partial charge in [-0.3, -0.25) is 4.79 Å². The number of hydrogen-bond donors (Lipinski definition) is 6. The van der Waals surface area contributed by atoms with Crippen molar-refractivity contribution in [2.24, 2.45) is 0 Å². The molecule has 184 valence electrons. The number of anilines is 3. The van der Waals surface area contributed by atoms with Crippen molar-refractivity contribution in [3.8, 4) is 0 Å². The summed E-state index contributed by atoms with van der Waals surface area (Å²) in [6, 6.07) is 11.8. The molecule has 8 N–H and O–H groups in total. The van der Waals surface area contributed by atoms with Crippen LogP contribution < -0.4 is 32.7 Å². The number of urea groups is 1. The highest BCUT2D eigenvalue weighted by atomic mass is 32.2. The summed E-state index contributed by atoms with van der Waals surface area (Å²) in [4.78, 5) is 28.5. The summed E-state index contributed by atoms with van der Waals surface area (Å²) in [5.74, 6) is 1.02. The van der Waals surface area contributed by atoms with Crippen molar-refractivity contribution in [3.05, 3.63) is 36.4 Å². The highest BCUT2D eigenvalue weighted by Gasteiger charge is 2.42. The lowest BCUT2D eigenvalue weighted by Crippen LogP contribution is -2.36. The van der Waals surface area contributed by atoms with Crippen molar-refractivity contribution >= 4 is 62.6 Å². The van der Waals surface area contributed by atoms with Crippen LogP contribution in [-0.2, 0) is 4.79 Å². The molecule has 10 heteroatoms. The molecule has 0 radical (unpaired) electrons. The molecule has 2 aliphatic heterocycles. The van der Waals surface area contributed by atoms with Crippen LogP contribution in [0.3, 0.4) is 0 Å². The maximum Gasteiger partial charge on any atom is 0.315 e. The number of hydrogen-bond acceptors (Lipinski definition) is 7. The fourth-order valence-electron chi connectivity index (χ4n) is 4.92. The first-order chi connectivity index (χ1) is 17.0. The van der Waals surface area contributed by atoms with Crippen LogP contribution in [0.15, 0.2) is 36.4 Å². The van der Waals surface area contributed by atoms with Crippen molar-refractivity contribution in [2.75, 3.05) is 35.6 Å². The number of unbranched alkanes of at least 4 members (excludes halogenated alkanes) is 1. The highest BCUT2D eigenvalue weighted by molar-refractivity contribution is 8.00. The number of thioether (sulfide) groups is 1. The van der Waals surface area contributed by atoms with E-state index >= 15 is 0 Å². The van der Waals surface area contributed by atoms with Crippen LogP contribution in [0, 0.1) is 0 Å². The smallest absolute Gasteiger partial charge is 0.315 e. The number of nitrogen functional groups attached to an aromatic ring is 2. The van der Waals surface area contributed by atoms with E-state index in [1.165, 1.54) is 0 Å². The molecule has 0 unspecified atom stereocenters. The number of nitrogens with zero attached hydrogens (tertiary/aromatic N) is 1. The van der Waals surface area contributed by atoms with Crippen molar-refractivity contribution in [2.45, 2.75) is 43.0 Å². The van der Waals surface area contributed by atoms with Gasteiger partial charge >= 0.3 is 6.03 Å². The zero-order valence-corrected chi connectivity index (χ0v) is 20.3. The van der Waals surface area contributed by atoms with Crippen LogP contribution >= 0.6 is 11.8 Å². The number of nitrogens with two attached hydrogens (primary N) is 2. The van der Waals surface area contributed by atoms with Crippen LogP contribution in [0.2, 0.25) is 0 Å². The fraction of sp³-hybridized carbons (Fsp3) is 0.400. The Bertz CT molecular complexity index is 1210. The lowest BCUT2D eigenvalue weighted by molar-refractivity contribution is -0.121. The number of fused-ring (bicyclic) bond motifs is 3. The van der Waals surface area contributed by atoms with E-state index in [9.17, 15) is 9.59 Å². The number of amides is 3. The van der Waals surface area contributed by atoms with Gasteiger partial charge in [-0.25, -0.2) is 9.78 Å². The first kappa shape index (κ1) is 23.3. The molecular weight excluding hydrogens is 462 g/mol. The number of nitrogens with one attached hydrogen (secondary N) is 4. The largest absolute Gasteiger partial charge is 0.399 e. The van der Waals surface area contributed by atoms with Gasteiger partial charge in [-0.2, -0.15) is 11.8 Å². The Morgan fingerprint density at radius 2 is 1.74 bits per heavy atom. The Hall–Kier alpha value is -3.40. The van der Waals surface area contributed by atoms with E-state index in [2.05, 4.69) is 21.3 Å². The molecule has 35 heavy (non-hydrogen) atoms. The van der Waals surface area contributed by atoms with Crippen LogP contribution in [-0.4, -0.2) is 53.1 Å². The summed E-state index contributed by atoms with van der Waals surface area (Å²) in [6.45, 7) is 1.11. The molecule has 2 aliphatic rings. The van der Waals surface area contributed by atoms with E-state index in [0.717, 1.165) is 52.5 Å². The van der Waals surface area contributed by atoms with Crippen molar-refractivity contribution < 1.29 is 9.59 Å². The molecule has 0 aliphatic carbocycles. The third-order valence-electron chi connectivity index (χ3n) is 6.65. The summed E-state index contributed by atoms with van der Waals surface area (Å²) in [6.07, 6.45) is 3.34. The zero-order chi connectivity index (χ0) is 24.4. The molecule has 2 saturated heterocycles. The first-order valence-corrected chi connectivity index (χ1v) is 13.1. The average molecular weight is 494 g/mol. The molecule has 5 rings (SSSR count). The Kier molecular flexibility index (Phi) is 6.72. The number of rotatable bonds is 9. The minimum atomic E-state index is -0.0562. The summed E-state index contributed by atoms with van der Waals surface area (Å²) in [5, 5.41) is 14.8. The molecular formula is C25H31N7O2S. The minimum Gasteiger partial charge on any atom is -0.399 e. The first-order valence-electron chi connectivity index (χ1n) is 12.1. The third kappa shape index (κ3) is 5.17. The Labute approximate surface area is 208 Å². The van der Waals surface area contributed by atoms with Gasteiger partial charge in [0.15, 0.2) is 0 Å². The van der Waals surface area contributed by atoms with E-state index in [-0.39, 0.29) is 24.0 Å². The lowest BCUT2D eigenvalue weighted by atomic mass is 10.0. The number of carbonyl (C=O) groups is 2. The maximum absolute atomic E-state index is 12.3. The number of benzene rings is 2. The van der Waals surface area contributed by atoms with Gasteiger partial charge in [0.05, 0.1) is 28.8 Å². The van der Waals surface area contributed by atoms with Gasteiger partial charge < -0.3 is 32.7 Å². The summed E-state index contributed by atoms with van der Waals surface area (Å²) in [7, 11) is 0. The summed E-state index contributed by atoms with van der Waals surface area (Å²) >= 11 is 1.91. The predicted octanol–water partition coefficient (Wildman–Crippen LogP) is 2.81.